The number of carbonyl (C=O) groups is 3. The summed E-state index contributed by atoms with van der Waals surface area (Å²) in [5.41, 5.74) is 3.69. The van der Waals surface area contributed by atoms with Crippen molar-refractivity contribution in [2.24, 2.45) is 5.92 Å². The van der Waals surface area contributed by atoms with E-state index in [9.17, 15) is 14.4 Å². The van der Waals surface area contributed by atoms with Gasteiger partial charge in [-0.15, -0.1) is 0 Å². The molecule has 36 heavy (non-hydrogen) atoms. The molecule has 2 heterocycles. The molecular formula is C29H32N2O5. The summed E-state index contributed by atoms with van der Waals surface area (Å²) in [5.74, 6) is -3.52. The maximum atomic E-state index is 14.2. The van der Waals surface area contributed by atoms with E-state index in [4.69, 9.17) is 9.47 Å². The zero-order valence-electron chi connectivity index (χ0n) is 21.0. The second-order valence-corrected chi connectivity index (χ2v) is 8.88. The molecule has 7 heteroatoms. The average Bonchev–Trinajstić information content (AvgIpc) is 2.89. The van der Waals surface area contributed by atoms with Crippen LogP contribution in [0.2, 0.25) is 0 Å². The third-order valence-electron chi connectivity index (χ3n) is 6.65. The SMILES string of the molecule is CCCC1=C(C(=O)OCC)[C@H](c2ccccn2)C2=C(C[C@H](c3ccccc3)[C@@H](C(=O)OCC)C2=O)N1. The van der Waals surface area contributed by atoms with E-state index in [1.807, 2.05) is 43.3 Å². The van der Waals surface area contributed by atoms with E-state index in [-0.39, 0.29) is 24.9 Å². The number of hydrogen-bond donors (Lipinski definition) is 1. The molecule has 0 unspecified atom stereocenters. The van der Waals surface area contributed by atoms with Gasteiger partial charge in [-0.1, -0.05) is 49.7 Å². The first-order chi connectivity index (χ1) is 17.5. The Kier molecular flexibility index (Phi) is 7.98. The van der Waals surface area contributed by atoms with Gasteiger partial charge in [0.25, 0.3) is 0 Å². The second-order valence-electron chi connectivity index (χ2n) is 8.88. The topological polar surface area (TPSA) is 94.6 Å². The minimum absolute atomic E-state index is 0.173. The molecule has 7 nitrogen and oxygen atoms in total. The van der Waals surface area contributed by atoms with Gasteiger partial charge in [-0.25, -0.2) is 4.79 Å². The number of benzene rings is 1. The molecule has 188 valence electrons. The van der Waals surface area contributed by atoms with E-state index in [0.29, 0.717) is 29.7 Å². The summed E-state index contributed by atoms with van der Waals surface area (Å²) in [6.45, 7) is 5.89. The van der Waals surface area contributed by atoms with Gasteiger partial charge in [-0.3, -0.25) is 14.6 Å². The van der Waals surface area contributed by atoms with Crippen molar-refractivity contribution in [3.05, 3.63) is 88.5 Å². The van der Waals surface area contributed by atoms with Crippen molar-refractivity contribution in [3.8, 4) is 0 Å². The van der Waals surface area contributed by atoms with Crippen LogP contribution < -0.4 is 5.32 Å². The number of allylic oxidation sites excluding steroid dienone is 3. The summed E-state index contributed by atoms with van der Waals surface area (Å²) in [4.78, 5) is 45.2. The molecule has 1 aromatic carbocycles. The van der Waals surface area contributed by atoms with Gasteiger partial charge in [-0.2, -0.15) is 0 Å². The highest BCUT2D eigenvalue weighted by atomic mass is 16.5. The molecule has 0 amide bonds. The molecule has 0 bridgehead atoms. The van der Waals surface area contributed by atoms with E-state index in [2.05, 4.69) is 10.3 Å². The first-order valence-corrected chi connectivity index (χ1v) is 12.6. The van der Waals surface area contributed by atoms with Crippen molar-refractivity contribution in [2.75, 3.05) is 13.2 Å². The number of ketones is 1. The summed E-state index contributed by atoms with van der Waals surface area (Å²) in [6, 6.07) is 15.0. The number of rotatable bonds is 8. The van der Waals surface area contributed by atoms with Crippen LogP contribution in [0, 0.1) is 5.92 Å². The number of Topliss-reactive ketones (excluding diaryl/α,β-unsaturated/α-hetero) is 1. The molecule has 4 rings (SSSR count). The number of nitrogens with one attached hydrogen (secondary N) is 1. The summed E-state index contributed by atoms with van der Waals surface area (Å²) in [7, 11) is 0. The highest BCUT2D eigenvalue weighted by Gasteiger charge is 2.49. The molecule has 3 atom stereocenters. The number of hydrogen-bond acceptors (Lipinski definition) is 7. The molecular weight excluding hydrogens is 456 g/mol. The lowest BCUT2D eigenvalue weighted by atomic mass is 9.67. The predicted molar refractivity (Wildman–Crippen MR) is 135 cm³/mol. The Morgan fingerprint density at radius 1 is 1.00 bits per heavy atom. The zero-order valence-corrected chi connectivity index (χ0v) is 21.0. The van der Waals surface area contributed by atoms with E-state index in [0.717, 1.165) is 23.4 Å². The first kappa shape index (κ1) is 25.4. The van der Waals surface area contributed by atoms with E-state index < -0.39 is 23.8 Å². The summed E-state index contributed by atoms with van der Waals surface area (Å²) < 4.78 is 10.8. The van der Waals surface area contributed by atoms with Crippen LogP contribution in [0.4, 0.5) is 0 Å². The largest absolute Gasteiger partial charge is 0.465 e. The molecule has 2 aromatic rings. The number of esters is 2. The molecule has 0 radical (unpaired) electrons. The number of ether oxygens (including phenoxy) is 2. The minimum atomic E-state index is -1.02. The van der Waals surface area contributed by atoms with E-state index in [1.54, 1.807) is 32.2 Å². The third kappa shape index (κ3) is 4.83. The van der Waals surface area contributed by atoms with Gasteiger partial charge in [0.2, 0.25) is 0 Å². The van der Waals surface area contributed by atoms with Gasteiger partial charge in [0, 0.05) is 29.1 Å². The number of nitrogens with zero attached hydrogens (tertiary/aromatic N) is 1. The monoisotopic (exact) mass is 488 g/mol. The predicted octanol–water partition coefficient (Wildman–Crippen LogP) is 4.58. The lowest BCUT2D eigenvalue weighted by Gasteiger charge is -2.39. The minimum Gasteiger partial charge on any atom is -0.465 e. The Labute approximate surface area is 211 Å². The fraction of sp³-hybridized carbons (Fsp3) is 0.379. The van der Waals surface area contributed by atoms with Crippen LogP contribution >= 0.6 is 0 Å². The van der Waals surface area contributed by atoms with Crippen molar-refractivity contribution < 1.29 is 23.9 Å². The Balaban J connectivity index is 1.91. The van der Waals surface area contributed by atoms with Crippen molar-refractivity contribution in [3.63, 3.8) is 0 Å². The summed E-state index contributed by atoms with van der Waals surface area (Å²) >= 11 is 0. The highest BCUT2D eigenvalue weighted by Crippen LogP contribution is 2.48. The quantitative estimate of drug-likeness (QED) is 0.429. The van der Waals surface area contributed by atoms with E-state index in [1.165, 1.54) is 0 Å². The van der Waals surface area contributed by atoms with Crippen LogP contribution in [-0.2, 0) is 23.9 Å². The molecule has 1 aromatic heterocycles. The standard InChI is InChI=1S/C29H32N2O5/c1-4-12-21-26(29(34)36-6-3)24(20-15-10-11-16-30-20)25-22(31-21)17-19(18-13-8-7-9-14-18)23(27(25)32)28(33)35-5-2/h7-11,13-16,19,23-24,31H,4-6,12,17H2,1-3H3/t19-,23-,24-/m1/s1. The van der Waals surface area contributed by atoms with Gasteiger partial charge in [0.1, 0.15) is 5.92 Å². The van der Waals surface area contributed by atoms with E-state index >= 15 is 0 Å². The van der Waals surface area contributed by atoms with Crippen molar-refractivity contribution >= 4 is 17.7 Å². The summed E-state index contributed by atoms with van der Waals surface area (Å²) in [5, 5.41) is 3.42. The van der Waals surface area contributed by atoms with Crippen LogP contribution in [0.3, 0.4) is 0 Å². The maximum absolute atomic E-state index is 14.2. The zero-order chi connectivity index (χ0) is 25.7. The number of pyridine rings is 1. The van der Waals surface area contributed by atoms with Crippen LogP contribution in [0.15, 0.2) is 77.3 Å². The maximum Gasteiger partial charge on any atom is 0.336 e. The molecule has 1 aliphatic heterocycles. The molecule has 0 spiro atoms. The Morgan fingerprint density at radius 3 is 2.36 bits per heavy atom. The number of aromatic nitrogens is 1. The van der Waals surface area contributed by atoms with Gasteiger partial charge in [0.15, 0.2) is 5.78 Å². The van der Waals surface area contributed by atoms with Crippen LogP contribution in [-0.4, -0.2) is 35.9 Å². The van der Waals surface area contributed by atoms with Crippen LogP contribution in [0.5, 0.6) is 0 Å². The molecule has 0 saturated heterocycles. The number of dihydropyridines is 1. The third-order valence-corrected chi connectivity index (χ3v) is 6.65. The normalized spacial score (nSPS) is 21.5. The lowest BCUT2D eigenvalue weighted by molar-refractivity contribution is -0.152. The van der Waals surface area contributed by atoms with Crippen molar-refractivity contribution in [1.82, 2.24) is 10.3 Å². The van der Waals surface area contributed by atoms with Gasteiger partial charge < -0.3 is 14.8 Å². The Bertz CT molecular complexity index is 1190. The Morgan fingerprint density at radius 2 is 1.72 bits per heavy atom. The van der Waals surface area contributed by atoms with Crippen molar-refractivity contribution in [2.45, 2.75) is 51.9 Å². The van der Waals surface area contributed by atoms with Gasteiger partial charge in [-0.05, 0) is 44.4 Å². The second kappa shape index (κ2) is 11.3. The lowest BCUT2D eigenvalue weighted by Crippen LogP contribution is -2.44. The van der Waals surface area contributed by atoms with Crippen LogP contribution in [0.25, 0.3) is 0 Å². The van der Waals surface area contributed by atoms with Crippen molar-refractivity contribution in [1.29, 1.82) is 0 Å². The number of carbonyl (C=O) groups excluding carboxylic acids is 3. The van der Waals surface area contributed by atoms with Gasteiger partial charge >= 0.3 is 11.9 Å². The molecule has 1 N–H and O–H groups in total. The molecule has 1 aliphatic carbocycles. The van der Waals surface area contributed by atoms with Gasteiger partial charge in [0.05, 0.1) is 30.4 Å². The highest BCUT2D eigenvalue weighted by molar-refractivity contribution is 6.13. The smallest absolute Gasteiger partial charge is 0.336 e. The molecule has 0 saturated carbocycles. The first-order valence-electron chi connectivity index (χ1n) is 12.6. The Hall–Kier alpha value is -3.74. The van der Waals surface area contributed by atoms with Crippen LogP contribution in [0.1, 0.15) is 63.1 Å². The average molecular weight is 489 g/mol. The fourth-order valence-corrected chi connectivity index (χ4v) is 5.20. The molecule has 0 fully saturated rings. The molecule has 2 aliphatic rings. The summed E-state index contributed by atoms with van der Waals surface area (Å²) in [6.07, 6.45) is 3.48. The fourth-order valence-electron chi connectivity index (χ4n) is 5.20.